The molecule has 83 valence electrons. The van der Waals surface area contributed by atoms with Crippen molar-refractivity contribution in [2.45, 2.75) is 6.92 Å². The van der Waals surface area contributed by atoms with Gasteiger partial charge in [-0.3, -0.25) is 0 Å². The normalized spacial score (nSPS) is 17.1. The van der Waals surface area contributed by atoms with Crippen LogP contribution in [0, 0.1) is 0 Å². The van der Waals surface area contributed by atoms with Gasteiger partial charge in [0.15, 0.2) is 0 Å². The Morgan fingerprint density at radius 2 is 1.69 bits per heavy atom. The zero-order valence-electron chi connectivity index (χ0n) is 7.31. The number of hydrogen-bond donors (Lipinski definition) is 0. The maximum atomic E-state index is 4.94. The second-order valence-corrected chi connectivity index (χ2v) is 12.7. The Hall–Kier alpha value is 1.01. The Morgan fingerprint density at radius 1 is 1.23 bits per heavy atom. The van der Waals surface area contributed by atoms with Crippen molar-refractivity contribution in [3.8, 4) is 0 Å². The van der Waals surface area contributed by atoms with Crippen molar-refractivity contribution in [2.24, 2.45) is 0 Å². The van der Waals surface area contributed by atoms with Crippen LogP contribution >= 0.6 is 40.6 Å². The summed E-state index contributed by atoms with van der Waals surface area (Å²) >= 11 is 0. The van der Waals surface area contributed by atoms with Crippen molar-refractivity contribution in [2.75, 3.05) is 20.3 Å². The molecule has 0 aromatic rings. The van der Waals surface area contributed by atoms with Crippen molar-refractivity contribution in [1.82, 2.24) is 9.80 Å². The van der Waals surface area contributed by atoms with Gasteiger partial charge in [-0.1, -0.05) is 0 Å². The van der Waals surface area contributed by atoms with E-state index in [1.807, 2.05) is 0 Å². The van der Waals surface area contributed by atoms with Crippen molar-refractivity contribution < 1.29 is 9.01 Å². The molecule has 1 rings (SSSR count). The molecule has 0 saturated heterocycles. The summed E-state index contributed by atoms with van der Waals surface area (Å²) in [5.41, 5.74) is 0. The molecule has 0 fully saturated rings. The molecule has 2 nitrogen and oxygen atoms in total. The summed E-state index contributed by atoms with van der Waals surface area (Å²) in [6.07, 6.45) is 4.20. The van der Waals surface area contributed by atoms with E-state index in [9.17, 15) is 0 Å². The van der Waals surface area contributed by atoms with Gasteiger partial charge in [0.05, 0.1) is 6.67 Å². The first kappa shape index (κ1) is 14.0. The van der Waals surface area contributed by atoms with E-state index in [0.29, 0.717) is 0 Å². The molecular formula is C6H12Cl4CoN2. The van der Waals surface area contributed by atoms with Gasteiger partial charge in [0, 0.05) is 26.0 Å². The van der Waals surface area contributed by atoms with Crippen LogP contribution in [0.5, 0.6) is 0 Å². The van der Waals surface area contributed by atoms with Gasteiger partial charge in [-0.05, 0) is 6.92 Å². The third kappa shape index (κ3) is 10.9. The molecule has 13 heavy (non-hydrogen) atoms. The molecule has 1 aliphatic heterocycles. The van der Waals surface area contributed by atoms with Crippen LogP contribution < -0.4 is 0 Å². The van der Waals surface area contributed by atoms with Crippen LogP contribution in [0.4, 0.5) is 0 Å². The molecule has 0 spiro atoms. The zero-order chi connectivity index (χ0) is 10.5. The van der Waals surface area contributed by atoms with Gasteiger partial charge >= 0.3 is 49.6 Å². The molecule has 0 N–H and O–H groups in total. The molecule has 0 bridgehead atoms. The molecule has 0 atom stereocenters. The average Bonchev–Trinajstić information content (AvgIpc) is 2.31. The summed E-state index contributed by atoms with van der Waals surface area (Å²) < 4.78 is 0. The van der Waals surface area contributed by atoms with Gasteiger partial charge in [0.2, 0.25) is 0 Å². The third-order valence-electron chi connectivity index (χ3n) is 1.34. The Kier molecular flexibility index (Phi) is 6.98. The van der Waals surface area contributed by atoms with Gasteiger partial charge in [-0.25, -0.2) is 0 Å². The predicted octanol–water partition coefficient (Wildman–Crippen LogP) is 3.44. The summed E-state index contributed by atoms with van der Waals surface area (Å²) in [4.78, 5) is 4.41. The van der Waals surface area contributed by atoms with Gasteiger partial charge in [0.25, 0.3) is 0 Å². The standard InChI is InChI=1S/C6H12N2.4ClH.Co/c1-3-8-5-4-7(2)6-8;;;;;/h4-5H,3,6H2,1-2H3;4*1H;/q;;;;;+4/p-4. The molecule has 1 aliphatic rings. The Labute approximate surface area is 98.5 Å². The van der Waals surface area contributed by atoms with Crippen LogP contribution in [0.1, 0.15) is 6.92 Å². The summed E-state index contributed by atoms with van der Waals surface area (Å²) in [5.74, 6) is 0. The third-order valence-corrected chi connectivity index (χ3v) is 1.34. The average molecular weight is 313 g/mol. The summed E-state index contributed by atoms with van der Waals surface area (Å²) in [7, 11) is 19.3. The molecule has 0 radical (unpaired) electrons. The van der Waals surface area contributed by atoms with Gasteiger partial charge in [0.1, 0.15) is 0 Å². The van der Waals surface area contributed by atoms with Crippen LogP contribution in [0.3, 0.4) is 0 Å². The summed E-state index contributed by atoms with van der Waals surface area (Å²) in [5, 5.41) is 0. The minimum atomic E-state index is -2.49. The minimum absolute atomic E-state index is 1.05. The molecule has 1 heterocycles. The van der Waals surface area contributed by atoms with E-state index in [0.717, 1.165) is 13.2 Å². The number of nitrogens with zero attached hydrogens (tertiary/aromatic N) is 2. The van der Waals surface area contributed by atoms with Crippen molar-refractivity contribution in [1.29, 1.82) is 0 Å². The second kappa shape index (κ2) is 6.48. The van der Waals surface area contributed by atoms with Gasteiger partial charge < -0.3 is 9.80 Å². The van der Waals surface area contributed by atoms with Crippen LogP contribution in [0.15, 0.2) is 12.4 Å². The van der Waals surface area contributed by atoms with E-state index < -0.39 is 9.01 Å². The molecule has 0 aromatic heterocycles. The van der Waals surface area contributed by atoms with Crippen LogP contribution in [0.25, 0.3) is 0 Å². The van der Waals surface area contributed by atoms with E-state index in [1.165, 1.54) is 0 Å². The summed E-state index contributed by atoms with van der Waals surface area (Å²) in [6.45, 7) is 4.32. The Bertz CT molecular complexity index is 165. The zero-order valence-corrected chi connectivity index (χ0v) is 11.4. The Balaban J connectivity index is 0.000000252. The van der Waals surface area contributed by atoms with E-state index in [4.69, 9.17) is 40.6 Å². The van der Waals surface area contributed by atoms with E-state index in [2.05, 4.69) is 36.2 Å². The van der Waals surface area contributed by atoms with Crippen molar-refractivity contribution >= 4 is 40.6 Å². The quantitative estimate of drug-likeness (QED) is 0.732. The first-order valence-corrected chi connectivity index (χ1v) is 9.19. The molecule has 7 heteroatoms. The van der Waals surface area contributed by atoms with Crippen molar-refractivity contribution in [3.63, 3.8) is 0 Å². The van der Waals surface area contributed by atoms with Crippen molar-refractivity contribution in [3.05, 3.63) is 12.4 Å². The predicted molar refractivity (Wildman–Crippen MR) is 57.6 cm³/mol. The molecule has 0 unspecified atom stereocenters. The molecule has 0 aromatic carbocycles. The second-order valence-electron chi connectivity index (χ2n) is 2.39. The van der Waals surface area contributed by atoms with E-state index in [1.54, 1.807) is 0 Å². The fourth-order valence-corrected chi connectivity index (χ4v) is 0.794. The molecule has 0 amide bonds. The monoisotopic (exact) mass is 311 g/mol. The number of rotatable bonds is 1. The van der Waals surface area contributed by atoms with Crippen LogP contribution in [-0.2, 0) is 9.01 Å². The number of hydrogen-bond acceptors (Lipinski definition) is 2. The first-order valence-electron chi connectivity index (χ1n) is 3.46. The number of halogens is 4. The topological polar surface area (TPSA) is 6.48 Å². The Morgan fingerprint density at radius 3 is 1.85 bits per heavy atom. The first-order chi connectivity index (χ1) is 5.83. The SMILES string of the molecule is CCN1C=CN(C)C1.[Cl][Co]([Cl])([Cl])[Cl]. The summed E-state index contributed by atoms with van der Waals surface area (Å²) in [6, 6.07) is 0. The molecular weight excluding hydrogens is 301 g/mol. The fourth-order valence-electron chi connectivity index (χ4n) is 0.794. The van der Waals surface area contributed by atoms with E-state index in [-0.39, 0.29) is 0 Å². The maximum absolute atomic E-state index is 4.94. The van der Waals surface area contributed by atoms with Crippen LogP contribution in [0.2, 0.25) is 0 Å². The van der Waals surface area contributed by atoms with E-state index >= 15 is 0 Å². The molecule has 0 aliphatic carbocycles. The fraction of sp³-hybridized carbons (Fsp3) is 0.667. The van der Waals surface area contributed by atoms with Gasteiger partial charge in [-0.15, -0.1) is 0 Å². The molecule has 0 saturated carbocycles. The van der Waals surface area contributed by atoms with Gasteiger partial charge in [-0.2, -0.15) is 0 Å². The van der Waals surface area contributed by atoms with Crippen LogP contribution in [-0.4, -0.2) is 30.1 Å².